The van der Waals surface area contributed by atoms with Crippen molar-refractivity contribution in [3.63, 3.8) is 0 Å². The molecule has 2 N–H and O–H groups in total. The first-order valence-corrected chi connectivity index (χ1v) is 14.4. The Balaban J connectivity index is 1.49. The average Bonchev–Trinajstić information content (AvgIpc) is 2.87. The van der Waals surface area contributed by atoms with Gasteiger partial charge in [-0.1, -0.05) is 6.92 Å². The molecule has 8 nitrogen and oxygen atoms in total. The van der Waals surface area contributed by atoms with E-state index in [9.17, 15) is 26.0 Å². The summed E-state index contributed by atoms with van der Waals surface area (Å²) in [5.74, 6) is -0.687. The third kappa shape index (κ3) is 7.53. The zero-order valence-corrected chi connectivity index (χ0v) is 22.8. The third-order valence-corrected chi connectivity index (χ3v) is 8.15. The van der Waals surface area contributed by atoms with E-state index in [1.807, 2.05) is 38.1 Å². The molecule has 0 radical (unpaired) electrons. The Morgan fingerprint density at radius 1 is 1.08 bits per heavy atom. The van der Waals surface area contributed by atoms with Crippen LogP contribution in [0.3, 0.4) is 0 Å². The summed E-state index contributed by atoms with van der Waals surface area (Å²) in [5.41, 5.74) is 3.24. The van der Waals surface area contributed by atoms with Gasteiger partial charge in [-0.2, -0.15) is 13.2 Å². The fourth-order valence-corrected chi connectivity index (χ4v) is 5.85. The van der Waals surface area contributed by atoms with Gasteiger partial charge in [0.05, 0.1) is 17.7 Å². The summed E-state index contributed by atoms with van der Waals surface area (Å²) < 4.78 is 77.7. The maximum Gasteiger partial charge on any atom is 0.390 e. The molecule has 0 aliphatic heterocycles. The number of nitrogens with one attached hydrogen (secondary N) is 2. The van der Waals surface area contributed by atoms with Gasteiger partial charge >= 0.3 is 6.18 Å². The maximum atomic E-state index is 14.6. The molecule has 212 valence electrons. The molecule has 3 atom stereocenters. The number of hydrogen-bond acceptors (Lipinski definition) is 7. The first-order chi connectivity index (χ1) is 18.3. The molecule has 39 heavy (non-hydrogen) atoms. The number of benzene rings is 1. The molecule has 1 fully saturated rings. The highest BCUT2D eigenvalue weighted by molar-refractivity contribution is 7.92. The first-order valence-electron chi connectivity index (χ1n) is 12.7. The van der Waals surface area contributed by atoms with E-state index in [2.05, 4.69) is 20.0 Å². The van der Waals surface area contributed by atoms with Gasteiger partial charge in [0.1, 0.15) is 12.0 Å². The van der Waals surface area contributed by atoms with Gasteiger partial charge in [0.2, 0.25) is 16.0 Å². The minimum absolute atomic E-state index is 0.0477. The summed E-state index contributed by atoms with van der Waals surface area (Å²) in [6, 6.07) is 6.77. The van der Waals surface area contributed by atoms with Crippen molar-refractivity contribution in [3.05, 3.63) is 42.2 Å². The standard InChI is InChI=1S/C26H32F4N6O2S/c1-4-16-11-18(17-5-8-23(31-14-17)35-39(37,38)10-9-26(28,29)30)12-19-15-32-25(34-24(16)19)33-20-6-7-22(36(2)3)21(27)13-20/h5,8,11-12,14-15,20-22H,4,6-7,9-10,13H2,1-3H3,(H,31,35)(H,32,33,34)/t20-,21?,22-/m1/s1. The smallest absolute Gasteiger partial charge is 0.351 e. The second-order valence-electron chi connectivity index (χ2n) is 10.0. The van der Waals surface area contributed by atoms with Crippen LogP contribution in [0.5, 0.6) is 0 Å². The van der Waals surface area contributed by atoms with Gasteiger partial charge < -0.3 is 10.2 Å². The van der Waals surface area contributed by atoms with Crippen LogP contribution in [0.15, 0.2) is 36.7 Å². The van der Waals surface area contributed by atoms with Gasteiger partial charge in [-0.25, -0.2) is 27.8 Å². The monoisotopic (exact) mass is 568 g/mol. The highest BCUT2D eigenvalue weighted by Gasteiger charge is 2.32. The molecule has 1 aromatic carbocycles. The van der Waals surface area contributed by atoms with Crippen molar-refractivity contribution >= 4 is 32.7 Å². The SMILES string of the molecule is CCc1cc(-c2ccc(NS(=O)(=O)CCC(F)(F)F)nc2)cc2cnc(N[C@@H]3CC[C@@H](N(C)C)C(F)C3)nc12. The highest BCUT2D eigenvalue weighted by Crippen LogP contribution is 2.30. The molecule has 0 spiro atoms. The van der Waals surface area contributed by atoms with Gasteiger partial charge in [0, 0.05) is 41.8 Å². The Labute approximate surface area is 225 Å². The Morgan fingerprint density at radius 3 is 2.46 bits per heavy atom. The van der Waals surface area contributed by atoms with E-state index in [0.717, 1.165) is 34.9 Å². The fourth-order valence-electron chi connectivity index (χ4n) is 4.81. The van der Waals surface area contributed by atoms with E-state index >= 15 is 0 Å². The summed E-state index contributed by atoms with van der Waals surface area (Å²) in [4.78, 5) is 15.2. The Morgan fingerprint density at radius 2 is 1.85 bits per heavy atom. The molecule has 1 unspecified atom stereocenters. The van der Waals surface area contributed by atoms with Crippen LogP contribution in [-0.2, 0) is 16.4 Å². The molecule has 13 heteroatoms. The number of aromatic nitrogens is 3. The lowest BCUT2D eigenvalue weighted by Gasteiger charge is -2.35. The van der Waals surface area contributed by atoms with E-state index in [-0.39, 0.29) is 17.9 Å². The lowest BCUT2D eigenvalue weighted by molar-refractivity contribution is -0.129. The highest BCUT2D eigenvalue weighted by atomic mass is 32.2. The number of aryl methyl sites for hydroxylation is 1. The number of nitrogens with zero attached hydrogens (tertiary/aromatic N) is 4. The van der Waals surface area contributed by atoms with Crippen LogP contribution in [0.1, 0.15) is 38.2 Å². The van der Waals surface area contributed by atoms with E-state index in [4.69, 9.17) is 4.98 Å². The number of hydrogen-bond donors (Lipinski definition) is 2. The van der Waals surface area contributed by atoms with Crippen LogP contribution in [0.25, 0.3) is 22.0 Å². The van der Waals surface area contributed by atoms with Gasteiger partial charge in [-0.05, 0) is 68.8 Å². The minimum atomic E-state index is -4.57. The third-order valence-electron chi connectivity index (χ3n) is 6.89. The van der Waals surface area contributed by atoms with Crippen molar-refractivity contribution in [2.45, 2.75) is 63.5 Å². The molecule has 4 rings (SSSR count). The van der Waals surface area contributed by atoms with E-state index in [1.54, 1.807) is 12.3 Å². The summed E-state index contributed by atoms with van der Waals surface area (Å²) >= 11 is 0. The number of halogens is 4. The summed E-state index contributed by atoms with van der Waals surface area (Å²) in [7, 11) is -0.397. The number of sulfonamides is 1. The number of rotatable bonds is 9. The molecule has 1 saturated carbocycles. The number of anilines is 2. The normalized spacial score (nSPS) is 20.4. The van der Waals surface area contributed by atoms with Gasteiger partial charge in [0.15, 0.2) is 0 Å². The zero-order valence-electron chi connectivity index (χ0n) is 22.0. The molecule has 0 bridgehead atoms. The lowest BCUT2D eigenvalue weighted by atomic mass is 9.89. The van der Waals surface area contributed by atoms with Gasteiger partial charge in [-0.15, -0.1) is 0 Å². The van der Waals surface area contributed by atoms with Crippen molar-refractivity contribution < 1.29 is 26.0 Å². The Kier molecular flexibility index (Phi) is 8.60. The Bertz CT molecular complexity index is 1400. The number of fused-ring (bicyclic) bond motifs is 1. The van der Waals surface area contributed by atoms with Gasteiger partial charge in [-0.3, -0.25) is 4.72 Å². The quantitative estimate of drug-likeness (QED) is 0.343. The second-order valence-corrected chi connectivity index (χ2v) is 11.9. The minimum Gasteiger partial charge on any atom is -0.351 e. The van der Waals surface area contributed by atoms with Crippen LogP contribution >= 0.6 is 0 Å². The maximum absolute atomic E-state index is 14.6. The molecule has 0 amide bonds. The topological polar surface area (TPSA) is 100 Å². The zero-order chi connectivity index (χ0) is 28.4. The molecule has 2 heterocycles. The molecule has 0 saturated heterocycles. The lowest BCUT2D eigenvalue weighted by Crippen LogP contribution is -2.44. The second kappa shape index (κ2) is 11.6. The Hall–Kier alpha value is -3.06. The van der Waals surface area contributed by atoms with Crippen LogP contribution in [-0.4, -0.2) is 72.5 Å². The van der Waals surface area contributed by atoms with Crippen molar-refractivity contribution in [2.24, 2.45) is 0 Å². The van der Waals surface area contributed by atoms with Crippen LogP contribution < -0.4 is 10.0 Å². The van der Waals surface area contributed by atoms with Crippen LogP contribution in [0.4, 0.5) is 29.3 Å². The summed E-state index contributed by atoms with van der Waals surface area (Å²) in [6.07, 6.45) is -1.10. The van der Waals surface area contributed by atoms with Gasteiger partial charge in [0.25, 0.3) is 0 Å². The van der Waals surface area contributed by atoms with Crippen LogP contribution in [0.2, 0.25) is 0 Å². The van der Waals surface area contributed by atoms with Crippen LogP contribution in [0, 0.1) is 0 Å². The van der Waals surface area contributed by atoms with Crippen molar-refractivity contribution in [1.82, 2.24) is 19.9 Å². The number of pyridine rings is 1. The molecule has 2 aromatic heterocycles. The molecular weight excluding hydrogens is 536 g/mol. The molecule has 3 aromatic rings. The first kappa shape index (κ1) is 28.9. The van der Waals surface area contributed by atoms with Crippen molar-refractivity contribution in [2.75, 3.05) is 29.9 Å². The van der Waals surface area contributed by atoms with Crippen molar-refractivity contribution in [3.8, 4) is 11.1 Å². The number of alkyl halides is 4. The van der Waals surface area contributed by atoms with E-state index in [0.29, 0.717) is 24.4 Å². The van der Waals surface area contributed by atoms with E-state index < -0.39 is 34.5 Å². The van der Waals surface area contributed by atoms with Crippen molar-refractivity contribution in [1.29, 1.82) is 0 Å². The van der Waals surface area contributed by atoms with E-state index in [1.165, 1.54) is 12.3 Å². The molecule has 1 aliphatic carbocycles. The summed E-state index contributed by atoms with van der Waals surface area (Å²) in [6.45, 7) is 2.00. The average molecular weight is 569 g/mol. The largest absolute Gasteiger partial charge is 0.390 e. The predicted molar refractivity (Wildman–Crippen MR) is 144 cm³/mol. The fraction of sp³-hybridized carbons (Fsp3) is 0.500. The molecular formula is C26H32F4N6O2S. The predicted octanol–water partition coefficient (Wildman–Crippen LogP) is 5.18. The summed E-state index contributed by atoms with van der Waals surface area (Å²) in [5, 5.41) is 4.09. The molecule has 1 aliphatic rings.